The molecule has 1 saturated carbocycles. The number of aromatic nitrogens is 2. The Morgan fingerprint density at radius 2 is 2.14 bits per heavy atom. The first-order chi connectivity index (χ1) is 10.8. The molecule has 1 fully saturated rings. The number of ether oxygens (including phenoxy) is 1. The van der Waals surface area contributed by atoms with Crippen LogP contribution in [0, 0.1) is 0 Å². The van der Waals surface area contributed by atoms with Crippen molar-refractivity contribution in [3.63, 3.8) is 0 Å². The molecule has 0 bridgehead atoms. The monoisotopic (exact) mass is 295 g/mol. The average molecular weight is 295 g/mol. The van der Waals surface area contributed by atoms with Crippen molar-refractivity contribution in [1.29, 1.82) is 0 Å². The van der Waals surface area contributed by atoms with Crippen molar-refractivity contribution in [3.05, 3.63) is 53.1 Å². The normalized spacial score (nSPS) is 18.0. The van der Waals surface area contributed by atoms with E-state index < -0.39 is 0 Å². The van der Waals surface area contributed by atoms with Crippen LogP contribution in [0.2, 0.25) is 0 Å². The Labute approximate surface area is 131 Å². The zero-order chi connectivity index (χ0) is 14.9. The van der Waals surface area contributed by atoms with E-state index in [9.17, 15) is 0 Å². The Kier molecular flexibility index (Phi) is 3.54. The van der Waals surface area contributed by atoms with Gasteiger partial charge in [-0.25, -0.2) is 9.97 Å². The lowest BCUT2D eigenvalue weighted by Crippen LogP contribution is -2.31. The molecule has 1 aliphatic heterocycles. The maximum Gasteiger partial charge on any atom is 0.131 e. The Hall–Kier alpha value is -1.94. The Morgan fingerprint density at radius 1 is 1.27 bits per heavy atom. The lowest BCUT2D eigenvalue weighted by Gasteiger charge is -2.28. The molecule has 1 aromatic carbocycles. The third-order valence-electron chi connectivity index (χ3n) is 4.56. The van der Waals surface area contributed by atoms with Gasteiger partial charge in [-0.1, -0.05) is 18.2 Å². The number of rotatable bonds is 4. The molecule has 0 atom stereocenters. The van der Waals surface area contributed by atoms with Crippen LogP contribution in [0.25, 0.3) is 0 Å². The average Bonchev–Trinajstić information content (AvgIpc) is 3.40. The van der Waals surface area contributed by atoms with Crippen molar-refractivity contribution in [2.75, 3.05) is 13.7 Å². The highest BCUT2D eigenvalue weighted by Crippen LogP contribution is 2.38. The van der Waals surface area contributed by atoms with Crippen LogP contribution in [-0.2, 0) is 19.5 Å². The Morgan fingerprint density at radius 3 is 2.95 bits per heavy atom. The van der Waals surface area contributed by atoms with Crippen molar-refractivity contribution in [2.45, 2.75) is 38.3 Å². The smallest absolute Gasteiger partial charge is 0.131 e. The van der Waals surface area contributed by atoms with Crippen LogP contribution in [0.4, 0.5) is 0 Å². The SMILES string of the molecule is COc1ccccc1CN1CCc2nc(C3CC3)ncc2C1. The fourth-order valence-electron chi connectivity index (χ4n) is 3.14. The highest BCUT2D eigenvalue weighted by molar-refractivity contribution is 5.33. The minimum Gasteiger partial charge on any atom is -0.496 e. The highest BCUT2D eigenvalue weighted by atomic mass is 16.5. The van der Waals surface area contributed by atoms with Gasteiger partial charge < -0.3 is 4.74 Å². The molecule has 0 radical (unpaired) electrons. The molecule has 4 rings (SSSR count). The summed E-state index contributed by atoms with van der Waals surface area (Å²) in [4.78, 5) is 11.8. The summed E-state index contributed by atoms with van der Waals surface area (Å²) in [6, 6.07) is 8.25. The van der Waals surface area contributed by atoms with Crippen LogP contribution >= 0.6 is 0 Å². The van der Waals surface area contributed by atoms with Crippen LogP contribution in [0.5, 0.6) is 5.75 Å². The summed E-state index contributed by atoms with van der Waals surface area (Å²) in [7, 11) is 1.73. The summed E-state index contributed by atoms with van der Waals surface area (Å²) in [6.45, 7) is 2.89. The summed E-state index contributed by atoms with van der Waals surface area (Å²) >= 11 is 0. The van der Waals surface area contributed by atoms with Gasteiger partial charge >= 0.3 is 0 Å². The third-order valence-corrected chi connectivity index (χ3v) is 4.56. The number of methoxy groups -OCH3 is 1. The van der Waals surface area contributed by atoms with E-state index in [1.54, 1.807) is 7.11 Å². The van der Waals surface area contributed by atoms with Gasteiger partial charge in [0.05, 0.1) is 7.11 Å². The second-order valence-corrected chi connectivity index (χ2v) is 6.25. The van der Waals surface area contributed by atoms with Crippen molar-refractivity contribution >= 4 is 0 Å². The van der Waals surface area contributed by atoms with Crippen molar-refractivity contribution in [1.82, 2.24) is 14.9 Å². The second kappa shape index (κ2) is 5.69. The molecular weight excluding hydrogens is 274 g/mol. The molecule has 2 aromatic rings. The summed E-state index contributed by atoms with van der Waals surface area (Å²) in [5, 5.41) is 0. The quantitative estimate of drug-likeness (QED) is 0.869. The van der Waals surface area contributed by atoms with Crippen LogP contribution < -0.4 is 4.74 Å². The molecule has 2 heterocycles. The van der Waals surface area contributed by atoms with E-state index >= 15 is 0 Å². The molecule has 114 valence electrons. The Bertz CT molecular complexity index is 682. The maximum absolute atomic E-state index is 5.45. The minimum atomic E-state index is 0.636. The molecule has 2 aliphatic rings. The molecule has 4 nitrogen and oxygen atoms in total. The number of hydrogen-bond acceptors (Lipinski definition) is 4. The number of nitrogens with zero attached hydrogens (tertiary/aromatic N) is 3. The summed E-state index contributed by atoms with van der Waals surface area (Å²) in [5.74, 6) is 2.67. The molecule has 1 aliphatic carbocycles. The van der Waals surface area contributed by atoms with E-state index in [2.05, 4.69) is 22.0 Å². The molecule has 22 heavy (non-hydrogen) atoms. The first-order valence-corrected chi connectivity index (χ1v) is 8.02. The third kappa shape index (κ3) is 2.71. The summed E-state index contributed by atoms with van der Waals surface area (Å²) in [6.07, 6.45) is 5.59. The van der Waals surface area contributed by atoms with Crippen LogP contribution in [-0.4, -0.2) is 28.5 Å². The standard InChI is InChI=1S/C18H21N3O/c1-22-17-5-3-2-4-14(17)11-21-9-8-16-15(12-21)10-19-18(20-16)13-6-7-13/h2-5,10,13H,6-9,11-12H2,1H3. The van der Waals surface area contributed by atoms with Gasteiger partial charge in [-0.15, -0.1) is 0 Å². The molecule has 0 unspecified atom stereocenters. The predicted molar refractivity (Wildman–Crippen MR) is 84.8 cm³/mol. The van der Waals surface area contributed by atoms with Gasteiger partial charge in [0.25, 0.3) is 0 Å². The lowest BCUT2D eigenvalue weighted by molar-refractivity contribution is 0.239. The first kappa shape index (κ1) is 13.7. The van der Waals surface area contributed by atoms with Gasteiger partial charge in [0, 0.05) is 55.0 Å². The minimum absolute atomic E-state index is 0.636. The van der Waals surface area contributed by atoms with Crippen molar-refractivity contribution < 1.29 is 4.74 Å². The van der Waals surface area contributed by atoms with Gasteiger partial charge in [0.1, 0.15) is 11.6 Å². The van der Waals surface area contributed by atoms with E-state index in [1.165, 1.54) is 29.7 Å². The maximum atomic E-state index is 5.45. The number of benzene rings is 1. The van der Waals surface area contributed by atoms with Gasteiger partial charge in [0.15, 0.2) is 0 Å². The molecule has 1 aromatic heterocycles. The van der Waals surface area contributed by atoms with E-state index in [4.69, 9.17) is 9.72 Å². The van der Waals surface area contributed by atoms with Gasteiger partial charge in [-0.05, 0) is 18.9 Å². The number of fused-ring (bicyclic) bond motifs is 1. The van der Waals surface area contributed by atoms with Crippen LogP contribution in [0.15, 0.2) is 30.5 Å². The van der Waals surface area contributed by atoms with Crippen molar-refractivity contribution in [3.8, 4) is 5.75 Å². The number of para-hydroxylation sites is 1. The van der Waals surface area contributed by atoms with E-state index in [0.29, 0.717) is 5.92 Å². The summed E-state index contributed by atoms with van der Waals surface area (Å²) in [5.41, 5.74) is 3.78. The first-order valence-electron chi connectivity index (χ1n) is 8.02. The molecule has 4 heteroatoms. The topological polar surface area (TPSA) is 38.2 Å². The fourth-order valence-corrected chi connectivity index (χ4v) is 3.14. The molecular formula is C18H21N3O. The highest BCUT2D eigenvalue weighted by Gasteiger charge is 2.28. The van der Waals surface area contributed by atoms with Crippen LogP contribution in [0.3, 0.4) is 0 Å². The van der Waals surface area contributed by atoms with Crippen LogP contribution in [0.1, 0.15) is 41.4 Å². The largest absolute Gasteiger partial charge is 0.496 e. The zero-order valence-corrected chi connectivity index (χ0v) is 13.0. The van der Waals surface area contributed by atoms with Gasteiger partial charge in [-0.3, -0.25) is 4.90 Å². The molecule has 0 amide bonds. The Balaban J connectivity index is 1.49. The lowest BCUT2D eigenvalue weighted by atomic mass is 10.1. The van der Waals surface area contributed by atoms with Crippen molar-refractivity contribution in [2.24, 2.45) is 0 Å². The number of hydrogen-bond donors (Lipinski definition) is 0. The zero-order valence-electron chi connectivity index (χ0n) is 13.0. The molecule has 0 saturated heterocycles. The summed E-state index contributed by atoms with van der Waals surface area (Å²) < 4.78 is 5.45. The molecule has 0 spiro atoms. The fraction of sp³-hybridized carbons (Fsp3) is 0.444. The predicted octanol–water partition coefficient (Wildman–Crippen LogP) is 2.92. The van der Waals surface area contributed by atoms with E-state index in [1.807, 2.05) is 18.3 Å². The van der Waals surface area contributed by atoms with Gasteiger partial charge in [0.2, 0.25) is 0 Å². The molecule has 0 N–H and O–H groups in total. The second-order valence-electron chi connectivity index (χ2n) is 6.25. The van der Waals surface area contributed by atoms with Gasteiger partial charge in [-0.2, -0.15) is 0 Å². The van der Waals surface area contributed by atoms with E-state index in [-0.39, 0.29) is 0 Å². The van der Waals surface area contributed by atoms with E-state index in [0.717, 1.165) is 37.6 Å².